The van der Waals surface area contributed by atoms with Crippen LogP contribution in [0.25, 0.3) is 0 Å². The van der Waals surface area contributed by atoms with Crippen molar-refractivity contribution in [3.05, 3.63) is 27.4 Å². The molecule has 0 bridgehead atoms. The summed E-state index contributed by atoms with van der Waals surface area (Å²) in [5.41, 5.74) is -0.0192. The summed E-state index contributed by atoms with van der Waals surface area (Å²) in [6.07, 6.45) is 3.31. The van der Waals surface area contributed by atoms with Gasteiger partial charge in [0.25, 0.3) is 5.56 Å². The maximum absolute atomic E-state index is 12.0. The molecule has 1 heterocycles. The van der Waals surface area contributed by atoms with Crippen molar-refractivity contribution in [2.75, 3.05) is 0 Å². The molecule has 1 aromatic heterocycles. The smallest absolute Gasteiger partial charge is 0.255 e. The topological polar surface area (TPSA) is 34.9 Å². The quantitative estimate of drug-likeness (QED) is 0.722. The molecule has 2 rings (SSSR count). The molecule has 1 aliphatic carbocycles. The monoisotopic (exact) mass is 254 g/mol. The second-order valence-corrected chi connectivity index (χ2v) is 5.64. The highest BCUT2D eigenvalue weighted by Gasteiger charge is 2.27. The summed E-state index contributed by atoms with van der Waals surface area (Å²) in [5.74, 6) is 2.15. The minimum Gasteiger partial charge on any atom is -0.294 e. The molecular formula is C13H19ClN2O. The van der Waals surface area contributed by atoms with Crippen molar-refractivity contribution in [2.24, 2.45) is 11.8 Å². The molecule has 0 amide bonds. The molecule has 1 aromatic rings. The van der Waals surface area contributed by atoms with Crippen molar-refractivity contribution in [2.45, 2.75) is 46.1 Å². The van der Waals surface area contributed by atoms with E-state index in [1.807, 2.05) is 11.5 Å². The van der Waals surface area contributed by atoms with Gasteiger partial charge < -0.3 is 0 Å². The molecule has 94 valence electrons. The van der Waals surface area contributed by atoms with Crippen molar-refractivity contribution in [1.82, 2.24) is 9.55 Å². The van der Waals surface area contributed by atoms with E-state index in [-0.39, 0.29) is 5.56 Å². The van der Waals surface area contributed by atoms with Gasteiger partial charge in [-0.05, 0) is 38.0 Å². The first-order chi connectivity index (χ1) is 7.99. The van der Waals surface area contributed by atoms with Gasteiger partial charge in [0.05, 0.1) is 0 Å². The van der Waals surface area contributed by atoms with Crippen molar-refractivity contribution >= 4 is 11.6 Å². The molecule has 0 aliphatic heterocycles. The first-order valence-corrected chi connectivity index (χ1v) is 6.62. The number of hydrogen-bond donors (Lipinski definition) is 0. The summed E-state index contributed by atoms with van der Waals surface area (Å²) < 4.78 is 1.81. The first-order valence-electron chi connectivity index (χ1n) is 6.24. The van der Waals surface area contributed by atoms with E-state index in [9.17, 15) is 4.79 Å². The average Bonchev–Trinajstić information content (AvgIpc) is 2.21. The largest absolute Gasteiger partial charge is 0.294 e. The Labute approximate surface area is 107 Å². The number of aryl methyl sites for hydroxylation is 1. The van der Waals surface area contributed by atoms with Crippen molar-refractivity contribution in [1.29, 1.82) is 0 Å². The molecule has 3 nitrogen and oxygen atoms in total. The van der Waals surface area contributed by atoms with Crippen LogP contribution in [0.1, 0.15) is 45.0 Å². The van der Waals surface area contributed by atoms with Gasteiger partial charge in [0, 0.05) is 12.1 Å². The Morgan fingerprint density at radius 3 is 2.65 bits per heavy atom. The van der Waals surface area contributed by atoms with Gasteiger partial charge in [-0.15, -0.1) is 0 Å². The van der Waals surface area contributed by atoms with Crippen LogP contribution in [0.4, 0.5) is 0 Å². The van der Waals surface area contributed by atoms with Gasteiger partial charge >= 0.3 is 0 Å². The highest BCUT2D eigenvalue weighted by molar-refractivity contribution is 6.29. The number of nitrogens with zero attached hydrogens (tertiary/aromatic N) is 2. The van der Waals surface area contributed by atoms with E-state index in [1.165, 1.54) is 12.5 Å². The molecule has 1 fully saturated rings. The molecule has 0 aromatic carbocycles. The maximum Gasteiger partial charge on any atom is 0.255 e. The van der Waals surface area contributed by atoms with Crippen molar-refractivity contribution in [3.63, 3.8) is 0 Å². The Bertz CT molecular complexity index is 469. The fourth-order valence-corrected chi connectivity index (χ4v) is 2.99. The van der Waals surface area contributed by atoms with Crippen molar-refractivity contribution in [3.8, 4) is 0 Å². The molecule has 0 radical (unpaired) electrons. The molecule has 0 saturated heterocycles. The third-order valence-corrected chi connectivity index (χ3v) is 4.23. The average molecular weight is 255 g/mol. The molecule has 17 heavy (non-hydrogen) atoms. The maximum atomic E-state index is 12.0. The summed E-state index contributed by atoms with van der Waals surface area (Å²) in [6, 6.07) is 1.70. The summed E-state index contributed by atoms with van der Waals surface area (Å²) in [4.78, 5) is 16.2. The molecule has 3 atom stereocenters. The fraction of sp³-hybridized carbons (Fsp3) is 0.692. The van der Waals surface area contributed by atoms with Crippen molar-refractivity contribution < 1.29 is 0 Å². The molecule has 1 aliphatic rings. The zero-order chi connectivity index (χ0) is 12.6. The number of hydrogen-bond acceptors (Lipinski definition) is 2. The van der Waals surface area contributed by atoms with E-state index < -0.39 is 0 Å². The zero-order valence-corrected chi connectivity index (χ0v) is 11.4. The lowest BCUT2D eigenvalue weighted by Crippen LogP contribution is -2.32. The molecule has 0 spiro atoms. The highest BCUT2D eigenvalue weighted by Crippen LogP contribution is 2.35. The Morgan fingerprint density at radius 2 is 2.06 bits per heavy atom. The van der Waals surface area contributed by atoms with Gasteiger partial charge in [0.15, 0.2) is 0 Å². The molecule has 1 saturated carbocycles. The molecule has 0 N–H and O–H groups in total. The number of halogens is 1. The van der Waals surface area contributed by atoms with Gasteiger partial charge in [-0.25, -0.2) is 4.98 Å². The number of rotatable bonds is 1. The SMILES string of the molecule is Cc1nc(Cl)cc(=O)n1C1CCC(C)C(C)C1. The third-order valence-electron chi connectivity index (χ3n) is 4.03. The van der Waals surface area contributed by atoms with Crippen LogP contribution in [0, 0.1) is 18.8 Å². The predicted molar refractivity (Wildman–Crippen MR) is 69.5 cm³/mol. The third kappa shape index (κ3) is 2.54. The summed E-state index contributed by atoms with van der Waals surface area (Å²) in [5, 5.41) is 0.293. The minimum atomic E-state index is -0.0192. The zero-order valence-electron chi connectivity index (χ0n) is 10.6. The van der Waals surface area contributed by atoms with Crippen LogP contribution in [0.15, 0.2) is 10.9 Å². The minimum absolute atomic E-state index is 0.0192. The Balaban J connectivity index is 2.32. The van der Waals surface area contributed by atoms with Gasteiger partial charge in [-0.3, -0.25) is 9.36 Å². The Morgan fingerprint density at radius 1 is 1.35 bits per heavy atom. The van der Waals surface area contributed by atoms with E-state index in [1.54, 1.807) is 0 Å². The van der Waals surface area contributed by atoms with Crippen LogP contribution in [-0.4, -0.2) is 9.55 Å². The van der Waals surface area contributed by atoms with E-state index in [4.69, 9.17) is 11.6 Å². The van der Waals surface area contributed by atoms with Gasteiger partial charge in [-0.2, -0.15) is 0 Å². The van der Waals surface area contributed by atoms with Crippen LogP contribution >= 0.6 is 11.6 Å². The standard InChI is InChI=1S/C13H19ClN2O/c1-8-4-5-11(6-9(8)2)16-10(3)15-12(14)7-13(16)17/h7-9,11H,4-6H2,1-3H3. The van der Waals surface area contributed by atoms with Crippen LogP contribution in [0.5, 0.6) is 0 Å². The normalized spacial score (nSPS) is 29.3. The predicted octanol–water partition coefficient (Wildman–Crippen LogP) is 3.20. The van der Waals surface area contributed by atoms with E-state index in [2.05, 4.69) is 18.8 Å². The molecular weight excluding hydrogens is 236 g/mol. The van der Waals surface area contributed by atoms with E-state index >= 15 is 0 Å². The lowest BCUT2D eigenvalue weighted by atomic mass is 9.79. The first kappa shape index (κ1) is 12.6. The van der Waals surface area contributed by atoms with Gasteiger partial charge in [-0.1, -0.05) is 25.4 Å². The van der Waals surface area contributed by atoms with Gasteiger partial charge in [0.2, 0.25) is 0 Å². The fourth-order valence-electron chi connectivity index (χ4n) is 2.77. The Hall–Kier alpha value is -0.830. The lowest BCUT2D eigenvalue weighted by Gasteiger charge is -2.33. The van der Waals surface area contributed by atoms with Crippen LogP contribution < -0.4 is 5.56 Å². The molecule has 3 unspecified atom stereocenters. The Kier molecular flexibility index (Phi) is 3.57. The van der Waals surface area contributed by atoms with E-state index in [0.29, 0.717) is 17.1 Å². The molecule has 4 heteroatoms. The summed E-state index contributed by atoms with van der Waals surface area (Å²) in [7, 11) is 0. The summed E-state index contributed by atoms with van der Waals surface area (Å²) >= 11 is 5.79. The van der Waals surface area contributed by atoms with Crippen LogP contribution in [0.2, 0.25) is 5.15 Å². The van der Waals surface area contributed by atoms with Gasteiger partial charge in [0.1, 0.15) is 11.0 Å². The highest BCUT2D eigenvalue weighted by atomic mass is 35.5. The van der Waals surface area contributed by atoms with E-state index in [0.717, 1.165) is 24.6 Å². The van der Waals surface area contributed by atoms with Crippen LogP contribution in [-0.2, 0) is 0 Å². The lowest BCUT2D eigenvalue weighted by molar-refractivity contribution is 0.205. The number of aromatic nitrogens is 2. The van der Waals surface area contributed by atoms with Crippen LogP contribution in [0.3, 0.4) is 0 Å². The second-order valence-electron chi connectivity index (χ2n) is 5.26. The summed E-state index contributed by atoms with van der Waals surface area (Å²) in [6.45, 7) is 6.41. The second kappa shape index (κ2) is 4.81.